The highest BCUT2D eigenvalue weighted by atomic mass is 16.7. The summed E-state index contributed by atoms with van der Waals surface area (Å²) in [4.78, 5) is 15.2. The summed E-state index contributed by atoms with van der Waals surface area (Å²) in [5, 5.41) is 0. The minimum atomic E-state index is -0.377. The molecular weight excluding hydrogens is 306 g/mol. The van der Waals surface area contributed by atoms with Crippen molar-refractivity contribution in [2.24, 2.45) is 11.8 Å². The lowest BCUT2D eigenvalue weighted by atomic mass is 10.0. The second-order valence-electron chi connectivity index (χ2n) is 5.68. The molecule has 0 amide bonds. The molecule has 0 saturated heterocycles. The van der Waals surface area contributed by atoms with Gasteiger partial charge in [0.1, 0.15) is 17.2 Å². The second kappa shape index (κ2) is 9.57. The van der Waals surface area contributed by atoms with E-state index in [-0.39, 0.29) is 11.9 Å². The molecule has 5 heteroatoms. The second-order valence-corrected chi connectivity index (χ2v) is 5.68. The zero-order chi connectivity index (χ0) is 17.2. The average molecular weight is 329 g/mol. The number of hydrogen-bond acceptors (Lipinski definition) is 5. The van der Waals surface area contributed by atoms with Crippen LogP contribution in [0.3, 0.4) is 0 Å². The summed E-state index contributed by atoms with van der Waals surface area (Å²) >= 11 is 0. The lowest BCUT2D eigenvalue weighted by Crippen LogP contribution is -2.13. The molecule has 0 aliphatic heterocycles. The van der Waals surface area contributed by atoms with E-state index in [1.165, 1.54) is 0 Å². The van der Waals surface area contributed by atoms with Crippen LogP contribution in [0, 0.1) is 5.92 Å². The summed E-state index contributed by atoms with van der Waals surface area (Å²) in [6, 6.07) is 17.1. The van der Waals surface area contributed by atoms with Crippen molar-refractivity contribution in [3.63, 3.8) is 0 Å². The molecule has 0 aliphatic rings. The Labute approximate surface area is 142 Å². The van der Waals surface area contributed by atoms with Crippen LogP contribution < -0.4 is 15.4 Å². The van der Waals surface area contributed by atoms with Gasteiger partial charge in [-0.25, -0.2) is 0 Å². The maximum atomic E-state index is 11.0. The van der Waals surface area contributed by atoms with Crippen LogP contribution in [0.5, 0.6) is 17.2 Å². The first kappa shape index (κ1) is 17.8. The van der Waals surface area contributed by atoms with Gasteiger partial charge in [0.2, 0.25) is 0 Å². The van der Waals surface area contributed by atoms with E-state index in [4.69, 9.17) is 15.4 Å². The molecule has 0 fully saturated rings. The predicted molar refractivity (Wildman–Crippen MR) is 91.7 cm³/mol. The van der Waals surface area contributed by atoms with Crippen molar-refractivity contribution in [1.29, 1.82) is 0 Å². The summed E-state index contributed by atoms with van der Waals surface area (Å²) in [7, 11) is 0. The van der Waals surface area contributed by atoms with Crippen LogP contribution in [0.4, 0.5) is 0 Å². The van der Waals surface area contributed by atoms with Crippen LogP contribution in [-0.2, 0) is 9.63 Å². The average Bonchev–Trinajstić information content (AvgIpc) is 2.61. The fourth-order valence-electron chi connectivity index (χ4n) is 2.29. The Morgan fingerprint density at radius 2 is 1.62 bits per heavy atom. The first-order chi connectivity index (χ1) is 11.7. The summed E-state index contributed by atoms with van der Waals surface area (Å²) in [6.07, 6.45) is 2.08. The number of carbonyl (C=O) groups is 1. The Morgan fingerprint density at radius 3 is 2.29 bits per heavy atom. The first-order valence-electron chi connectivity index (χ1n) is 8.02. The van der Waals surface area contributed by atoms with Crippen molar-refractivity contribution in [1.82, 2.24) is 0 Å². The molecule has 0 radical (unpaired) electrons. The topological polar surface area (TPSA) is 70.8 Å². The van der Waals surface area contributed by atoms with Crippen molar-refractivity contribution in [2.75, 3.05) is 6.61 Å². The van der Waals surface area contributed by atoms with Crippen LogP contribution in [-0.4, -0.2) is 12.6 Å². The van der Waals surface area contributed by atoms with Gasteiger partial charge in [-0.2, -0.15) is 5.90 Å². The molecular formula is C19H23NO4. The molecule has 128 valence electrons. The predicted octanol–water partition coefficient (Wildman–Crippen LogP) is 4.08. The Kier molecular flexibility index (Phi) is 7.11. The van der Waals surface area contributed by atoms with Gasteiger partial charge in [0.25, 0.3) is 0 Å². The summed E-state index contributed by atoms with van der Waals surface area (Å²) in [5.74, 6) is 7.04. The Morgan fingerprint density at radius 1 is 1.00 bits per heavy atom. The quantitative estimate of drug-likeness (QED) is 0.554. The Balaban J connectivity index is 1.69. The molecule has 0 aromatic heterocycles. The van der Waals surface area contributed by atoms with Crippen LogP contribution >= 0.6 is 0 Å². The number of ether oxygens (including phenoxy) is 2. The lowest BCUT2D eigenvalue weighted by molar-refractivity contribution is -0.145. The SMILES string of the molecule is CC(CCCOc1ccc(Oc2ccccc2)cc1)CC(=O)ON. The van der Waals surface area contributed by atoms with E-state index >= 15 is 0 Å². The monoisotopic (exact) mass is 329 g/mol. The number of benzene rings is 2. The maximum absolute atomic E-state index is 11.0. The van der Waals surface area contributed by atoms with Crippen molar-refractivity contribution in [3.8, 4) is 17.2 Å². The van der Waals surface area contributed by atoms with Crippen LogP contribution in [0.15, 0.2) is 54.6 Å². The summed E-state index contributed by atoms with van der Waals surface area (Å²) in [5.41, 5.74) is 0. The molecule has 0 saturated carbocycles. The van der Waals surface area contributed by atoms with E-state index < -0.39 is 0 Å². The van der Waals surface area contributed by atoms with E-state index in [0.29, 0.717) is 13.0 Å². The third-order valence-corrected chi connectivity index (χ3v) is 3.56. The Bertz CT molecular complexity index is 613. The van der Waals surface area contributed by atoms with Crippen molar-refractivity contribution in [3.05, 3.63) is 54.6 Å². The van der Waals surface area contributed by atoms with Gasteiger partial charge in [0.15, 0.2) is 0 Å². The van der Waals surface area contributed by atoms with Gasteiger partial charge in [0.05, 0.1) is 6.61 Å². The molecule has 1 atom stereocenters. The normalized spacial score (nSPS) is 11.6. The molecule has 0 heterocycles. The molecule has 1 unspecified atom stereocenters. The fourth-order valence-corrected chi connectivity index (χ4v) is 2.29. The van der Waals surface area contributed by atoms with E-state index in [9.17, 15) is 4.79 Å². The molecule has 2 rings (SSSR count). The molecule has 2 N–H and O–H groups in total. The fraction of sp³-hybridized carbons (Fsp3) is 0.316. The standard InChI is InChI=1S/C19H23NO4/c1-15(14-19(21)24-20)6-5-13-22-16-9-11-18(12-10-16)23-17-7-3-2-4-8-17/h2-4,7-12,15H,5-6,13-14,20H2,1H3. The molecule has 5 nitrogen and oxygen atoms in total. The van der Waals surface area contributed by atoms with Gasteiger partial charge in [-0.15, -0.1) is 0 Å². The first-order valence-corrected chi connectivity index (χ1v) is 8.02. The van der Waals surface area contributed by atoms with Gasteiger partial charge < -0.3 is 14.3 Å². The van der Waals surface area contributed by atoms with E-state index in [2.05, 4.69) is 4.84 Å². The number of para-hydroxylation sites is 1. The number of hydrogen-bond donors (Lipinski definition) is 1. The van der Waals surface area contributed by atoms with Crippen molar-refractivity contribution < 1.29 is 19.1 Å². The van der Waals surface area contributed by atoms with Crippen LogP contribution in [0.1, 0.15) is 26.2 Å². The minimum absolute atomic E-state index is 0.228. The third kappa shape index (κ3) is 6.30. The van der Waals surface area contributed by atoms with Crippen LogP contribution in [0.2, 0.25) is 0 Å². The summed E-state index contributed by atoms with van der Waals surface area (Å²) < 4.78 is 11.4. The molecule has 0 spiro atoms. The van der Waals surface area contributed by atoms with Gasteiger partial charge in [-0.3, -0.25) is 4.79 Å². The van der Waals surface area contributed by atoms with Crippen molar-refractivity contribution in [2.45, 2.75) is 26.2 Å². The van der Waals surface area contributed by atoms with Crippen LogP contribution in [0.25, 0.3) is 0 Å². The number of carbonyl (C=O) groups excluding carboxylic acids is 1. The minimum Gasteiger partial charge on any atom is -0.494 e. The maximum Gasteiger partial charge on any atom is 0.324 e. The molecule has 2 aromatic rings. The molecule has 0 aliphatic carbocycles. The number of rotatable bonds is 9. The highest BCUT2D eigenvalue weighted by molar-refractivity contribution is 5.69. The van der Waals surface area contributed by atoms with Gasteiger partial charge in [0, 0.05) is 6.42 Å². The van der Waals surface area contributed by atoms with Crippen molar-refractivity contribution >= 4 is 5.97 Å². The van der Waals surface area contributed by atoms with Gasteiger partial charge in [-0.1, -0.05) is 25.1 Å². The zero-order valence-electron chi connectivity index (χ0n) is 13.8. The third-order valence-electron chi connectivity index (χ3n) is 3.56. The van der Waals surface area contributed by atoms with E-state index in [0.717, 1.165) is 30.1 Å². The van der Waals surface area contributed by atoms with E-state index in [1.54, 1.807) is 0 Å². The van der Waals surface area contributed by atoms with Gasteiger partial charge in [-0.05, 0) is 55.2 Å². The zero-order valence-corrected chi connectivity index (χ0v) is 13.8. The molecule has 2 aromatic carbocycles. The molecule has 24 heavy (non-hydrogen) atoms. The highest BCUT2D eigenvalue weighted by Crippen LogP contribution is 2.23. The highest BCUT2D eigenvalue weighted by Gasteiger charge is 2.09. The Hall–Kier alpha value is -2.53. The van der Waals surface area contributed by atoms with Gasteiger partial charge >= 0.3 is 5.97 Å². The lowest BCUT2D eigenvalue weighted by Gasteiger charge is -2.11. The number of nitrogens with two attached hydrogens (primary N) is 1. The smallest absolute Gasteiger partial charge is 0.324 e. The van der Waals surface area contributed by atoms with E-state index in [1.807, 2.05) is 61.5 Å². The summed E-state index contributed by atoms with van der Waals surface area (Å²) in [6.45, 7) is 2.59. The largest absolute Gasteiger partial charge is 0.494 e. The molecule has 0 bridgehead atoms.